The Bertz CT molecular complexity index is 525. The van der Waals surface area contributed by atoms with Crippen LogP contribution in [0.2, 0.25) is 0 Å². The van der Waals surface area contributed by atoms with Crippen LogP contribution in [0.4, 0.5) is 0 Å². The number of nitrogens with one attached hydrogen (secondary N) is 2. The lowest BCUT2D eigenvalue weighted by Gasteiger charge is -2.09. The molecule has 1 rings (SSSR count). The first-order valence-electron chi connectivity index (χ1n) is 6.42. The quantitative estimate of drug-likeness (QED) is 0.715. The maximum atomic E-state index is 11.8. The highest BCUT2D eigenvalue weighted by Crippen LogP contribution is 2.07. The van der Waals surface area contributed by atoms with Crippen LogP contribution in [0.5, 0.6) is 0 Å². The Morgan fingerprint density at radius 1 is 1.35 bits per heavy atom. The van der Waals surface area contributed by atoms with Crippen LogP contribution in [0.25, 0.3) is 0 Å². The number of carbonyl (C=O) groups is 2. The van der Waals surface area contributed by atoms with E-state index < -0.39 is 5.69 Å². The molecule has 0 atom stereocenters. The van der Waals surface area contributed by atoms with Crippen molar-refractivity contribution in [3.05, 3.63) is 27.4 Å². The topological polar surface area (TPSA) is 101 Å². The summed E-state index contributed by atoms with van der Waals surface area (Å²) in [6.07, 6.45) is 0.256. The third-order valence-electron chi connectivity index (χ3n) is 2.75. The van der Waals surface area contributed by atoms with Crippen molar-refractivity contribution in [2.45, 2.75) is 33.6 Å². The molecule has 1 heterocycles. The predicted molar refractivity (Wildman–Crippen MR) is 72.3 cm³/mol. The summed E-state index contributed by atoms with van der Waals surface area (Å²) in [6, 6.07) is 0. The van der Waals surface area contributed by atoms with Crippen LogP contribution in [-0.2, 0) is 20.7 Å². The fourth-order valence-corrected chi connectivity index (χ4v) is 1.78. The minimum absolute atomic E-state index is 0.115. The highest BCUT2D eigenvalue weighted by atomic mass is 16.5. The highest BCUT2D eigenvalue weighted by molar-refractivity contribution is 5.79. The second-order valence-electron chi connectivity index (χ2n) is 4.31. The van der Waals surface area contributed by atoms with Crippen molar-refractivity contribution >= 4 is 11.9 Å². The summed E-state index contributed by atoms with van der Waals surface area (Å²) in [5, 5.41) is 2.63. The van der Waals surface area contributed by atoms with E-state index in [4.69, 9.17) is 4.74 Å². The van der Waals surface area contributed by atoms with Crippen molar-refractivity contribution in [2.75, 3.05) is 13.2 Å². The molecule has 0 fully saturated rings. The molecule has 0 radical (unpaired) electrons. The van der Waals surface area contributed by atoms with Crippen molar-refractivity contribution in [1.29, 1.82) is 0 Å². The van der Waals surface area contributed by atoms with Crippen molar-refractivity contribution in [1.82, 2.24) is 15.3 Å². The molecule has 0 unspecified atom stereocenters. The number of amides is 1. The van der Waals surface area contributed by atoms with Crippen LogP contribution in [-0.4, -0.2) is 35.0 Å². The Labute approximate surface area is 116 Å². The molecule has 0 saturated heterocycles. The number of aromatic amines is 1. The van der Waals surface area contributed by atoms with Gasteiger partial charge < -0.3 is 15.0 Å². The summed E-state index contributed by atoms with van der Waals surface area (Å²) >= 11 is 0. The normalized spacial score (nSPS) is 10.2. The van der Waals surface area contributed by atoms with Gasteiger partial charge in [-0.1, -0.05) is 0 Å². The Hall–Kier alpha value is -2.18. The standard InChI is InChI=1S/C13H19N3O4/c1-4-20-12(18)5-6-14-11(17)7-10-8(2)15-13(19)16-9(10)3/h4-7H2,1-3H3,(H,14,17)(H,15,16,19). The summed E-state index contributed by atoms with van der Waals surface area (Å²) in [4.78, 5) is 40.3. The van der Waals surface area contributed by atoms with Gasteiger partial charge in [0, 0.05) is 23.5 Å². The van der Waals surface area contributed by atoms with Crippen LogP contribution in [0, 0.1) is 13.8 Å². The van der Waals surface area contributed by atoms with E-state index >= 15 is 0 Å². The van der Waals surface area contributed by atoms with Gasteiger partial charge in [-0.05, 0) is 20.8 Å². The largest absolute Gasteiger partial charge is 0.466 e. The number of aryl methyl sites for hydroxylation is 2. The lowest BCUT2D eigenvalue weighted by Crippen LogP contribution is -2.29. The molecule has 0 aliphatic heterocycles. The van der Waals surface area contributed by atoms with Gasteiger partial charge in [0.05, 0.1) is 19.4 Å². The molecule has 0 aliphatic carbocycles. The molecule has 0 spiro atoms. The van der Waals surface area contributed by atoms with Gasteiger partial charge >= 0.3 is 11.7 Å². The molecule has 7 nitrogen and oxygen atoms in total. The molecule has 0 aromatic carbocycles. The third kappa shape index (κ3) is 4.83. The van der Waals surface area contributed by atoms with E-state index in [1.165, 1.54) is 0 Å². The summed E-state index contributed by atoms with van der Waals surface area (Å²) < 4.78 is 4.75. The van der Waals surface area contributed by atoms with E-state index in [9.17, 15) is 14.4 Å². The summed E-state index contributed by atoms with van der Waals surface area (Å²) in [5.41, 5.74) is 1.43. The lowest BCUT2D eigenvalue weighted by atomic mass is 10.1. The number of H-pyrrole nitrogens is 1. The molecular formula is C13H19N3O4. The summed E-state index contributed by atoms with van der Waals surface area (Å²) in [7, 11) is 0. The first kappa shape index (κ1) is 15.9. The first-order valence-corrected chi connectivity index (χ1v) is 6.42. The first-order chi connectivity index (χ1) is 9.43. The lowest BCUT2D eigenvalue weighted by molar-refractivity contribution is -0.143. The number of aromatic nitrogens is 2. The van der Waals surface area contributed by atoms with Crippen LogP contribution in [0.15, 0.2) is 4.79 Å². The van der Waals surface area contributed by atoms with Crippen molar-refractivity contribution in [2.24, 2.45) is 0 Å². The fraction of sp³-hybridized carbons (Fsp3) is 0.538. The van der Waals surface area contributed by atoms with Gasteiger partial charge in [0.25, 0.3) is 0 Å². The van der Waals surface area contributed by atoms with Gasteiger partial charge in [-0.15, -0.1) is 0 Å². The Morgan fingerprint density at radius 3 is 2.65 bits per heavy atom. The van der Waals surface area contributed by atoms with Crippen LogP contribution in [0.1, 0.15) is 30.3 Å². The Balaban J connectivity index is 2.51. The predicted octanol–water partition coefficient (Wildman–Crippen LogP) is -0.00136. The molecule has 2 N–H and O–H groups in total. The van der Waals surface area contributed by atoms with Crippen molar-refractivity contribution in [3.8, 4) is 0 Å². The number of hydrogen-bond donors (Lipinski definition) is 2. The van der Waals surface area contributed by atoms with E-state index in [0.29, 0.717) is 23.6 Å². The molecule has 1 aromatic heterocycles. The third-order valence-corrected chi connectivity index (χ3v) is 2.75. The van der Waals surface area contributed by atoms with Gasteiger partial charge in [0.15, 0.2) is 0 Å². The SMILES string of the molecule is CCOC(=O)CCNC(=O)Cc1c(C)nc(=O)[nH]c1C. The molecule has 1 amide bonds. The van der Waals surface area contributed by atoms with Gasteiger partial charge in [0.1, 0.15) is 0 Å². The van der Waals surface area contributed by atoms with E-state index in [0.717, 1.165) is 0 Å². The van der Waals surface area contributed by atoms with Crippen LogP contribution in [0.3, 0.4) is 0 Å². The van der Waals surface area contributed by atoms with E-state index in [2.05, 4.69) is 15.3 Å². The van der Waals surface area contributed by atoms with Gasteiger partial charge in [-0.3, -0.25) is 9.59 Å². The zero-order valence-electron chi connectivity index (χ0n) is 11.9. The molecule has 110 valence electrons. The van der Waals surface area contributed by atoms with E-state index in [1.54, 1.807) is 20.8 Å². The maximum Gasteiger partial charge on any atom is 0.345 e. The second kappa shape index (κ2) is 7.42. The number of nitrogens with zero attached hydrogens (tertiary/aromatic N) is 1. The zero-order valence-corrected chi connectivity index (χ0v) is 11.9. The highest BCUT2D eigenvalue weighted by Gasteiger charge is 2.11. The average Bonchev–Trinajstić information content (AvgIpc) is 2.34. The number of carbonyl (C=O) groups excluding carboxylic acids is 2. The molecule has 1 aromatic rings. The van der Waals surface area contributed by atoms with Gasteiger partial charge in [0.2, 0.25) is 5.91 Å². The van der Waals surface area contributed by atoms with E-state index in [1.807, 2.05) is 0 Å². The molecule has 0 aliphatic rings. The minimum atomic E-state index is -0.425. The number of hydrogen-bond acceptors (Lipinski definition) is 5. The van der Waals surface area contributed by atoms with Gasteiger partial charge in [-0.25, -0.2) is 4.79 Å². The van der Waals surface area contributed by atoms with Crippen molar-refractivity contribution in [3.63, 3.8) is 0 Å². The molecule has 20 heavy (non-hydrogen) atoms. The Kier molecular flexibility index (Phi) is 5.89. The summed E-state index contributed by atoms with van der Waals surface area (Å²) in [5.74, 6) is -0.569. The Morgan fingerprint density at radius 2 is 2.05 bits per heavy atom. The fourth-order valence-electron chi connectivity index (χ4n) is 1.78. The van der Waals surface area contributed by atoms with Crippen molar-refractivity contribution < 1.29 is 14.3 Å². The zero-order chi connectivity index (χ0) is 15.1. The second-order valence-corrected chi connectivity index (χ2v) is 4.31. The van der Waals surface area contributed by atoms with Crippen LogP contribution >= 0.6 is 0 Å². The minimum Gasteiger partial charge on any atom is -0.466 e. The molecule has 0 bridgehead atoms. The van der Waals surface area contributed by atoms with E-state index in [-0.39, 0.29) is 31.3 Å². The smallest absolute Gasteiger partial charge is 0.345 e. The molecular weight excluding hydrogens is 262 g/mol. The summed E-state index contributed by atoms with van der Waals surface area (Å²) in [6.45, 7) is 5.69. The maximum absolute atomic E-state index is 11.8. The average molecular weight is 281 g/mol. The van der Waals surface area contributed by atoms with Gasteiger partial charge in [-0.2, -0.15) is 4.98 Å². The molecule has 7 heteroatoms. The molecule has 0 saturated carbocycles. The number of ether oxygens (including phenoxy) is 1. The number of rotatable bonds is 6. The van der Waals surface area contributed by atoms with Crippen LogP contribution < -0.4 is 11.0 Å². The monoisotopic (exact) mass is 281 g/mol. The number of esters is 1.